The van der Waals surface area contributed by atoms with Crippen LogP contribution in [0.2, 0.25) is 0 Å². The third kappa shape index (κ3) is 7.62. The van der Waals surface area contributed by atoms with E-state index in [2.05, 4.69) is 45.7 Å². The summed E-state index contributed by atoms with van der Waals surface area (Å²) < 4.78 is 41.8. The van der Waals surface area contributed by atoms with Crippen LogP contribution < -0.4 is 9.04 Å². The number of aromatic nitrogens is 3. The Kier molecular flexibility index (Phi) is 9.88. The molecule has 286 valence electrons. The van der Waals surface area contributed by atoms with Crippen molar-refractivity contribution in [3.05, 3.63) is 94.8 Å². The van der Waals surface area contributed by atoms with Crippen LogP contribution in [0.3, 0.4) is 0 Å². The van der Waals surface area contributed by atoms with Gasteiger partial charge in [0.2, 0.25) is 11.8 Å². The number of hydrogen-bond donors (Lipinski definition) is 0. The first-order valence-electron chi connectivity index (χ1n) is 18.9. The molecule has 1 atom stereocenters. The van der Waals surface area contributed by atoms with Crippen molar-refractivity contribution in [1.29, 1.82) is 0 Å². The van der Waals surface area contributed by atoms with Gasteiger partial charge in [-0.15, -0.1) is 0 Å². The summed E-state index contributed by atoms with van der Waals surface area (Å²) in [5.74, 6) is 0.318. The average molecular weight is 752 g/mol. The maximum Gasteiger partial charge on any atom is 0.268 e. The lowest BCUT2D eigenvalue weighted by atomic mass is 9.43. The molecule has 2 saturated carbocycles. The number of carbonyl (C=O) groups is 1. The molecule has 2 aliphatic carbocycles. The van der Waals surface area contributed by atoms with Gasteiger partial charge in [-0.2, -0.15) is 4.98 Å². The standard InChI is InChI=1S/C43H53N5O5S/c1-28-11-9-12-29(2)38(28)36-18-37-46-40(45-36)48(27-52-8)54(50,51)35-14-10-13-30(17-35)39(49)47(34(24-53-37)21-41(3,4)5)23-33-16-15-31(22-44-33)32-19-43(20-32)25-42(6,7)26-43/h9-18,22,32,34H,19-21,23-27H2,1-8H3/t34-/m1/s1. The van der Waals surface area contributed by atoms with E-state index in [4.69, 9.17) is 19.4 Å². The number of aryl methyl sites for hydroxylation is 2. The number of benzene rings is 2. The summed E-state index contributed by atoms with van der Waals surface area (Å²) in [7, 11) is -2.89. The van der Waals surface area contributed by atoms with Gasteiger partial charge in [0.05, 0.1) is 28.9 Å². The van der Waals surface area contributed by atoms with Crippen LogP contribution in [-0.4, -0.2) is 60.7 Å². The molecule has 0 unspecified atom stereocenters. The number of pyridine rings is 1. The normalized spacial score (nSPS) is 20.6. The molecule has 2 aromatic heterocycles. The molecule has 4 aromatic rings. The summed E-state index contributed by atoms with van der Waals surface area (Å²) >= 11 is 0. The molecule has 1 amide bonds. The molecule has 0 saturated heterocycles. The third-order valence-corrected chi connectivity index (χ3v) is 13.0. The maximum atomic E-state index is 14.7. The quantitative estimate of drug-likeness (QED) is 0.185. The first-order valence-corrected chi connectivity index (χ1v) is 20.4. The van der Waals surface area contributed by atoms with Gasteiger partial charge in [0.25, 0.3) is 15.9 Å². The van der Waals surface area contributed by atoms with Crippen LogP contribution in [0.25, 0.3) is 11.3 Å². The number of rotatable bonds is 7. The highest BCUT2D eigenvalue weighted by molar-refractivity contribution is 7.92. The Morgan fingerprint density at radius 3 is 2.30 bits per heavy atom. The van der Waals surface area contributed by atoms with Crippen molar-refractivity contribution in [2.45, 2.75) is 104 Å². The monoisotopic (exact) mass is 751 g/mol. The summed E-state index contributed by atoms with van der Waals surface area (Å²) in [4.78, 5) is 30.8. The van der Waals surface area contributed by atoms with Crippen LogP contribution in [0, 0.1) is 30.1 Å². The van der Waals surface area contributed by atoms with Crippen LogP contribution in [0.1, 0.15) is 105 Å². The van der Waals surface area contributed by atoms with Crippen LogP contribution >= 0.6 is 0 Å². The van der Waals surface area contributed by atoms with Crippen LogP contribution in [0.5, 0.6) is 5.88 Å². The lowest BCUT2D eigenvalue weighted by molar-refractivity contribution is -0.0886. The number of anilines is 1. The van der Waals surface area contributed by atoms with Gasteiger partial charge >= 0.3 is 0 Å². The minimum atomic E-state index is -4.30. The Balaban J connectivity index is 1.29. The molecular formula is C43H53N5O5S. The molecule has 10 nitrogen and oxygen atoms in total. The van der Waals surface area contributed by atoms with Gasteiger partial charge in [-0.3, -0.25) is 9.78 Å². The number of nitrogens with zero attached hydrogens (tertiary/aromatic N) is 5. The fourth-order valence-corrected chi connectivity index (χ4v) is 10.6. The van der Waals surface area contributed by atoms with Gasteiger partial charge < -0.3 is 14.4 Å². The Bertz CT molecular complexity index is 2130. The van der Waals surface area contributed by atoms with Crippen LogP contribution in [-0.2, 0) is 21.3 Å². The van der Waals surface area contributed by atoms with Crippen molar-refractivity contribution in [1.82, 2.24) is 19.9 Å². The van der Waals surface area contributed by atoms with Gasteiger partial charge in [-0.25, -0.2) is 17.7 Å². The summed E-state index contributed by atoms with van der Waals surface area (Å²) in [5, 5.41) is 0. The molecule has 3 heterocycles. The molecule has 1 aliphatic heterocycles. The highest BCUT2D eigenvalue weighted by Gasteiger charge is 2.56. The van der Waals surface area contributed by atoms with E-state index in [0.717, 1.165) is 26.7 Å². The Hall–Kier alpha value is -4.35. The molecule has 4 bridgehead atoms. The second-order valence-electron chi connectivity index (χ2n) is 17.8. The SMILES string of the molecule is COCN1c2nc(cc(-c3c(C)cccc3C)n2)OC[C@@H](CC(C)(C)C)N(Cc2ccc(C3CC4(C3)CC(C)(C)C4)cn2)C(=O)c2cccc(c2)S1(=O)=O. The Morgan fingerprint density at radius 1 is 0.963 bits per heavy atom. The van der Waals surface area contributed by atoms with Crippen molar-refractivity contribution in [3.8, 4) is 17.1 Å². The first-order chi connectivity index (χ1) is 25.5. The van der Waals surface area contributed by atoms with Gasteiger partial charge in [-0.05, 0) is 109 Å². The van der Waals surface area contributed by atoms with E-state index < -0.39 is 16.1 Å². The molecular weight excluding hydrogens is 699 g/mol. The van der Waals surface area contributed by atoms with Crippen LogP contribution in [0.4, 0.5) is 5.95 Å². The second-order valence-corrected chi connectivity index (χ2v) is 19.7. The fourth-order valence-electron chi connectivity index (χ4n) is 9.33. The number of hydrogen-bond acceptors (Lipinski definition) is 8. The summed E-state index contributed by atoms with van der Waals surface area (Å²) in [6, 6.07) is 17.6. The number of carbonyl (C=O) groups excluding carboxylic acids is 1. The average Bonchev–Trinajstić information content (AvgIpc) is 3.08. The highest BCUT2D eigenvalue weighted by atomic mass is 32.2. The van der Waals surface area contributed by atoms with Crippen molar-refractivity contribution in [2.24, 2.45) is 16.2 Å². The van der Waals surface area contributed by atoms with E-state index in [1.807, 2.05) is 44.3 Å². The van der Waals surface area contributed by atoms with Gasteiger partial charge in [0, 0.05) is 30.5 Å². The molecule has 3 aliphatic rings. The topological polar surface area (TPSA) is 115 Å². The maximum absolute atomic E-state index is 14.7. The van der Waals surface area contributed by atoms with E-state index in [1.165, 1.54) is 50.5 Å². The number of fused-ring (bicyclic) bond motifs is 4. The summed E-state index contributed by atoms with van der Waals surface area (Å²) in [6.45, 7) is 15.1. The number of sulfonamides is 1. The molecule has 7 rings (SSSR count). The summed E-state index contributed by atoms with van der Waals surface area (Å²) in [6.07, 6.45) is 7.60. The predicted molar refractivity (Wildman–Crippen MR) is 210 cm³/mol. The van der Waals surface area contributed by atoms with Crippen molar-refractivity contribution in [2.75, 3.05) is 24.8 Å². The lowest BCUT2D eigenvalue weighted by Gasteiger charge is -2.62. The number of amides is 1. The van der Waals surface area contributed by atoms with E-state index in [-0.39, 0.29) is 53.5 Å². The largest absolute Gasteiger partial charge is 0.475 e. The van der Waals surface area contributed by atoms with Crippen molar-refractivity contribution in [3.63, 3.8) is 0 Å². The van der Waals surface area contributed by atoms with E-state index in [0.29, 0.717) is 28.9 Å². The van der Waals surface area contributed by atoms with Crippen molar-refractivity contribution < 1.29 is 22.7 Å². The van der Waals surface area contributed by atoms with Crippen LogP contribution in [0.15, 0.2) is 71.8 Å². The minimum absolute atomic E-state index is 0.0730. The molecule has 2 fully saturated rings. The number of methoxy groups -OCH3 is 1. The minimum Gasteiger partial charge on any atom is -0.475 e. The zero-order valence-electron chi connectivity index (χ0n) is 32.8. The van der Waals surface area contributed by atoms with Gasteiger partial charge in [0.1, 0.15) is 13.3 Å². The fraction of sp³-hybridized carbons (Fsp3) is 0.488. The van der Waals surface area contributed by atoms with Gasteiger partial charge in [-0.1, -0.05) is 65.0 Å². The second kappa shape index (κ2) is 14.1. The molecule has 11 heteroatoms. The smallest absolute Gasteiger partial charge is 0.268 e. The molecule has 54 heavy (non-hydrogen) atoms. The summed E-state index contributed by atoms with van der Waals surface area (Å²) in [5.41, 5.74) is 6.35. The zero-order chi connectivity index (χ0) is 38.6. The number of ether oxygens (including phenoxy) is 2. The molecule has 2 aromatic carbocycles. The lowest BCUT2D eigenvalue weighted by Crippen LogP contribution is -2.50. The predicted octanol–water partition coefficient (Wildman–Crippen LogP) is 8.48. The highest BCUT2D eigenvalue weighted by Crippen LogP contribution is 2.68. The van der Waals surface area contributed by atoms with E-state index in [1.54, 1.807) is 23.1 Å². The first kappa shape index (κ1) is 37.9. The van der Waals surface area contributed by atoms with E-state index in [9.17, 15) is 13.2 Å². The van der Waals surface area contributed by atoms with E-state index >= 15 is 0 Å². The Labute approximate surface area is 320 Å². The molecule has 0 N–H and O–H groups in total. The molecule has 1 spiro atoms. The van der Waals surface area contributed by atoms with Gasteiger partial charge in [0.15, 0.2) is 0 Å². The zero-order valence-corrected chi connectivity index (χ0v) is 33.7. The Morgan fingerprint density at radius 2 is 1.67 bits per heavy atom. The molecule has 0 radical (unpaired) electrons. The third-order valence-electron chi connectivity index (χ3n) is 11.3. The van der Waals surface area contributed by atoms with Crippen molar-refractivity contribution >= 4 is 21.9 Å².